The number of carbonyl (C=O) groups is 1. The number of hydrogen-bond acceptors (Lipinski definition) is 5. The standard InChI is InChI=1S/C15H22N4O2/c1-19(2)9-11-21-10-8-17-15(20)14-6-5-13(12-18-14)4-3-7-16/h5-6,12H,7-11,16H2,1-2H3,(H,17,20). The Bertz CT molecular complexity index is 489. The molecule has 0 aromatic carbocycles. The van der Waals surface area contributed by atoms with E-state index in [-0.39, 0.29) is 5.91 Å². The Morgan fingerprint density at radius 2 is 2.24 bits per heavy atom. The van der Waals surface area contributed by atoms with E-state index in [9.17, 15) is 4.79 Å². The SMILES string of the molecule is CN(C)CCOCCNC(=O)c1ccc(C#CCN)cn1. The van der Waals surface area contributed by atoms with E-state index in [0.29, 0.717) is 32.0 Å². The average Bonchev–Trinajstić information content (AvgIpc) is 2.48. The van der Waals surface area contributed by atoms with Crippen LogP contribution in [-0.4, -0.2) is 62.7 Å². The molecular formula is C15H22N4O2. The van der Waals surface area contributed by atoms with Crippen LogP contribution in [0.5, 0.6) is 0 Å². The van der Waals surface area contributed by atoms with Gasteiger partial charge in [-0.15, -0.1) is 0 Å². The molecule has 1 aromatic rings. The van der Waals surface area contributed by atoms with Crippen molar-refractivity contribution in [1.82, 2.24) is 15.2 Å². The van der Waals surface area contributed by atoms with Gasteiger partial charge in [-0.05, 0) is 26.2 Å². The maximum absolute atomic E-state index is 11.8. The van der Waals surface area contributed by atoms with Crippen molar-refractivity contribution in [2.75, 3.05) is 46.9 Å². The number of ether oxygens (including phenoxy) is 1. The number of carbonyl (C=O) groups excluding carboxylic acids is 1. The summed E-state index contributed by atoms with van der Waals surface area (Å²) >= 11 is 0. The summed E-state index contributed by atoms with van der Waals surface area (Å²) in [5.74, 6) is 5.37. The summed E-state index contributed by atoms with van der Waals surface area (Å²) in [6, 6.07) is 3.39. The third-order valence-electron chi connectivity index (χ3n) is 2.55. The zero-order chi connectivity index (χ0) is 15.5. The molecule has 6 heteroatoms. The molecule has 114 valence electrons. The highest BCUT2D eigenvalue weighted by atomic mass is 16.5. The predicted octanol–water partition coefficient (Wildman–Crippen LogP) is -0.300. The minimum Gasteiger partial charge on any atom is -0.378 e. The maximum atomic E-state index is 11.8. The number of aromatic nitrogens is 1. The van der Waals surface area contributed by atoms with Crippen LogP contribution in [0.3, 0.4) is 0 Å². The van der Waals surface area contributed by atoms with E-state index in [0.717, 1.165) is 12.1 Å². The molecule has 6 nitrogen and oxygen atoms in total. The van der Waals surface area contributed by atoms with Gasteiger partial charge in [0.15, 0.2) is 0 Å². The highest BCUT2D eigenvalue weighted by molar-refractivity contribution is 5.92. The largest absolute Gasteiger partial charge is 0.378 e. The predicted molar refractivity (Wildman–Crippen MR) is 81.9 cm³/mol. The van der Waals surface area contributed by atoms with Crippen molar-refractivity contribution in [3.8, 4) is 11.8 Å². The van der Waals surface area contributed by atoms with Gasteiger partial charge in [0.25, 0.3) is 5.91 Å². The lowest BCUT2D eigenvalue weighted by atomic mass is 10.2. The number of likely N-dealkylation sites (N-methyl/N-ethyl adjacent to an activating group) is 1. The van der Waals surface area contributed by atoms with Gasteiger partial charge in [0.1, 0.15) is 5.69 Å². The summed E-state index contributed by atoms with van der Waals surface area (Å²) in [7, 11) is 3.97. The van der Waals surface area contributed by atoms with Gasteiger partial charge < -0.3 is 20.7 Å². The van der Waals surface area contributed by atoms with Gasteiger partial charge in [0.05, 0.1) is 19.8 Å². The Kier molecular flexibility index (Phi) is 8.05. The highest BCUT2D eigenvalue weighted by Crippen LogP contribution is 1.98. The van der Waals surface area contributed by atoms with Crippen LogP contribution in [0.15, 0.2) is 18.3 Å². The van der Waals surface area contributed by atoms with E-state index in [1.54, 1.807) is 18.3 Å². The smallest absolute Gasteiger partial charge is 0.269 e. The molecule has 0 unspecified atom stereocenters. The summed E-state index contributed by atoms with van der Waals surface area (Å²) in [6.07, 6.45) is 1.56. The summed E-state index contributed by atoms with van der Waals surface area (Å²) < 4.78 is 5.39. The Morgan fingerprint density at radius 3 is 2.86 bits per heavy atom. The third-order valence-corrected chi connectivity index (χ3v) is 2.55. The average molecular weight is 290 g/mol. The van der Waals surface area contributed by atoms with Crippen LogP contribution < -0.4 is 11.1 Å². The molecule has 1 rings (SSSR count). The maximum Gasteiger partial charge on any atom is 0.269 e. The van der Waals surface area contributed by atoms with E-state index in [1.165, 1.54) is 0 Å². The molecular weight excluding hydrogens is 268 g/mol. The fourth-order valence-electron chi connectivity index (χ4n) is 1.43. The van der Waals surface area contributed by atoms with Crippen molar-refractivity contribution in [2.24, 2.45) is 5.73 Å². The zero-order valence-electron chi connectivity index (χ0n) is 12.6. The third kappa shape index (κ3) is 7.42. The second kappa shape index (κ2) is 9.88. The molecule has 1 heterocycles. The fourth-order valence-corrected chi connectivity index (χ4v) is 1.43. The van der Waals surface area contributed by atoms with Gasteiger partial charge in [-0.1, -0.05) is 11.8 Å². The van der Waals surface area contributed by atoms with Gasteiger partial charge in [-0.2, -0.15) is 0 Å². The second-order valence-electron chi connectivity index (χ2n) is 4.61. The number of nitrogens with one attached hydrogen (secondary N) is 1. The molecule has 3 N–H and O–H groups in total. The molecule has 0 aliphatic rings. The van der Waals surface area contributed by atoms with Crippen LogP contribution in [0.25, 0.3) is 0 Å². The highest BCUT2D eigenvalue weighted by Gasteiger charge is 2.05. The molecule has 0 radical (unpaired) electrons. The fraction of sp³-hybridized carbons (Fsp3) is 0.467. The lowest BCUT2D eigenvalue weighted by molar-refractivity contribution is 0.0896. The first kappa shape index (κ1) is 17.1. The lowest BCUT2D eigenvalue weighted by Gasteiger charge is -2.10. The summed E-state index contributed by atoms with van der Waals surface area (Å²) in [6.45, 7) is 2.76. The second-order valence-corrected chi connectivity index (χ2v) is 4.61. The first-order chi connectivity index (χ1) is 10.1. The molecule has 0 aliphatic carbocycles. The zero-order valence-corrected chi connectivity index (χ0v) is 12.6. The van der Waals surface area contributed by atoms with Gasteiger partial charge in [0.2, 0.25) is 0 Å². The van der Waals surface area contributed by atoms with Crippen molar-refractivity contribution in [3.63, 3.8) is 0 Å². The number of rotatable bonds is 7. The summed E-state index contributed by atoms with van der Waals surface area (Å²) in [4.78, 5) is 17.9. The van der Waals surface area contributed by atoms with E-state index < -0.39 is 0 Å². The summed E-state index contributed by atoms with van der Waals surface area (Å²) in [5.41, 5.74) is 6.39. The molecule has 0 aliphatic heterocycles. The Morgan fingerprint density at radius 1 is 1.43 bits per heavy atom. The topological polar surface area (TPSA) is 80.5 Å². The molecule has 0 atom stereocenters. The monoisotopic (exact) mass is 290 g/mol. The van der Waals surface area contributed by atoms with Gasteiger partial charge >= 0.3 is 0 Å². The van der Waals surface area contributed by atoms with Crippen LogP contribution in [0.2, 0.25) is 0 Å². The summed E-state index contributed by atoms with van der Waals surface area (Å²) in [5, 5.41) is 2.75. The Labute approximate surface area is 125 Å². The van der Waals surface area contributed by atoms with Crippen molar-refractivity contribution >= 4 is 5.91 Å². The van der Waals surface area contributed by atoms with Crippen LogP contribution in [0, 0.1) is 11.8 Å². The number of amides is 1. The number of nitrogens with zero attached hydrogens (tertiary/aromatic N) is 2. The molecule has 1 amide bonds. The van der Waals surface area contributed by atoms with Crippen LogP contribution in [0.1, 0.15) is 16.1 Å². The van der Waals surface area contributed by atoms with Crippen molar-refractivity contribution in [2.45, 2.75) is 0 Å². The number of hydrogen-bond donors (Lipinski definition) is 2. The minimum atomic E-state index is -0.218. The minimum absolute atomic E-state index is 0.218. The van der Waals surface area contributed by atoms with Crippen molar-refractivity contribution < 1.29 is 9.53 Å². The lowest BCUT2D eigenvalue weighted by Crippen LogP contribution is -2.29. The normalized spacial score (nSPS) is 10.1. The molecule has 1 aromatic heterocycles. The van der Waals surface area contributed by atoms with Crippen LogP contribution in [-0.2, 0) is 4.74 Å². The van der Waals surface area contributed by atoms with Gasteiger partial charge in [-0.3, -0.25) is 4.79 Å². The van der Waals surface area contributed by atoms with E-state index in [4.69, 9.17) is 10.5 Å². The molecule has 21 heavy (non-hydrogen) atoms. The quantitative estimate of drug-likeness (QED) is 0.532. The molecule has 0 saturated carbocycles. The molecule has 0 fully saturated rings. The van der Waals surface area contributed by atoms with Crippen LogP contribution >= 0.6 is 0 Å². The molecule has 0 spiro atoms. The Hall–Kier alpha value is -1.94. The van der Waals surface area contributed by atoms with Crippen molar-refractivity contribution in [3.05, 3.63) is 29.6 Å². The van der Waals surface area contributed by atoms with E-state index in [1.807, 2.05) is 19.0 Å². The number of pyridine rings is 1. The van der Waals surface area contributed by atoms with Crippen LogP contribution in [0.4, 0.5) is 0 Å². The molecule has 0 bridgehead atoms. The Balaban J connectivity index is 2.29. The first-order valence-electron chi connectivity index (χ1n) is 6.79. The van der Waals surface area contributed by atoms with Gasteiger partial charge in [0, 0.05) is 24.8 Å². The van der Waals surface area contributed by atoms with Crippen molar-refractivity contribution in [1.29, 1.82) is 0 Å². The van der Waals surface area contributed by atoms with E-state index in [2.05, 4.69) is 22.1 Å². The molecule has 0 saturated heterocycles. The van der Waals surface area contributed by atoms with Gasteiger partial charge in [-0.25, -0.2) is 4.98 Å². The van der Waals surface area contributed by atoms with E-state index >= 15 is 0 Å². The number of nitrogens with two attached hydrogens (primary N) is 1. The first-order valence-corrected chi connectivity index (χ1v) is 6.79.